The van der Waals surface area contributed by atoms with Crippen LogP contribution < -0.4 is 20.4 Å². The zero-order valence-corrected chi connectivity index (χ0v) is 21.1. The lowest BCUT2D eigenvalue weighted by atomic mass is 10.0. The molecular formula is C27H25N5O3S. The highest BCUT2D eigenvalue weighted by Crippen LogP contribution is 2.30. The first-order valence-corrected chi connectivity index (χ1v) is 12.6. The third kappa shape index (κ3) is 4.57. The van der Waals surface area contributed by atoms with Crippen LogP contribution in [-0.2, 0) is 0 Å². The molecule has 9 heteroatoms. The molecule has 8 nitrogen and oxygen atoms in total. The van der Waals surface area contributed by atoms with Gasteiger partial charge in [-0.3, -0.25) is 9.59 Å². The van der Waals surface area contributed by atoms with Crippen LogP contribution in [0.3, 0.4) is 0 Å². The molecule has 0 amide bonds. The number of nitrogens with zero attached hydrogens (tertiary/aromatic N) is 5. The summed E-state index contributed by atoms with van der Waals surface area (Å²) in [6, 6.07) is 15.8. The Labute approximate surface area is 211 Å². The Morgan fingerprint density at radius 2 is 1.86 bits per heavy atom. The number of unbranched alkanes of at least 4 members (excludes halogenated alkanes) is 1. The Bertz CT molecular complexity index is 1720. The van der Waals surface area contributed by atoms with E-state index in [2.05, 4.69) is 17.0 Å². The Kier molecular flexibility index (Phi) is 6.47. The number of benzene rings is 2. The first-order valence-electron chi connectivity index (χ1n) is 11.8. The van der Waals surface area contributed by atoms with Gasteiger partial charge in [-0.05, 0) is 62.2 Å². The molecule has 0 atom stereocenters. The predicted octanol–water partition coefficient (Wildman–Crippen LogP) is 3.71. The number of aryl methyl sites for hydroxylation is 2. The first kappa shape index (κ1) is 23.6. The molecule has 0 radical (unpaired) electrons. The molecule has 0 bridgehead atoms. The van der Waals surface area contributed by atoms with Crippen molar-refractivity contribution >= 4 is 22.4 Å². The van der Waals surface area contributed by atoms with Crippen molar-refractivity contribution in [1.29, 1.82) is 0 Å². The topological polar surface area (TPSA) is 91.4 Å². The van der Waals surface area contributed by atoms with Gasteiger partial charge in [-0.1, -0.05) is 42.9 Å². The smallest absolute Gasteiger partial charge is 0.295 e. The molecule has 0 saturated carbocycles. The average Bonchev–Trinajstić information content (AvgIpc) is 3.42. The van der Waals surface area contributed by atoms with Crippen molar-refractivity contribution in [1.82, 2.24) is 24.4 Å². The number of aromatic nitrogens is 5. The zero-order valence-electron chi connectivity index (χ0n) is 20.3. The van der Waals surface area contributed by atoms with Crippen molar-refractivity contribution in [2.75, 3.05) is 6.61 Å². The summed E-state index contributed by atoms with van der Waals surface area (Å²) in [6.45, 7) is 6.38. The molecule has 0 N–H and O–H groups in total. The van der Waals surface area contributed by atoms with Gasteiger partial charge in [0.1, 0.15) is 17.1 Å². The van der Waals surface area contributed by atoms with Gasteiger partial charge < -0.3 is 4.74 Å². The van der Waals surface area contributed by atoms with Crippen molar-refractivity contribution < 1.29 is 4.74 Å². The van der Waals surface area contributed by atoms with E-state index < -0.39 is 5.56 Å². The lowest BCUT2D eigenvalue weighted by molar-refractivity contribution is 0.309. The van der Waals surface area contributed by atoms with Crippen LogP contribution >= 0.6 is 11.3 Å². The summed E-state index contributed by atoms with van der Waals surface area (Å²) in [5, 5.41) is 8.99. The lowest BCUT2D eigenvalue weighted by Crippen LogP contribution is -2.27. The molecule has 3 aromatic heterocycles. The van der Waals surface area contributed by atoms with Gasteiger partial charge in [0.15, 0.2) is 0 Å². The van der Waals surface area contributed by atoms with E-state index in [1.165, 1.54) is 4.52 Å². The number of rotatable bonds is 7. The van der Waals surface area contributed by atoms with Gasteiger partial charge in [-0.25, -0.2) is 4.68 Å². The van der Waals surface area contributed by atoms with Crippen molar-refractivity contribution in [2.24, 2.45) is 0 Å². The van der Waals surface area contributed by atoms with Gasteiger partial charge in [0.25, 0.3) is 11.1 Å². The summed E-state index contributed by atoms with van der Waals surface area (Å²) in [6.07, 6.45) is 5.76. The van der Waals surface area contributed by atoms with Crippen molar-refractivity contribution in [3.8, 4) is 22.7 Å². The number of ether oxygens (including phenoxy) is 1. The van der Waals surface area contributed by atoms with Crippen molar-refractivity contribution in [2.45, 2.75) is 33.6 Å². The summed E-state index contributed by atoms with van der Waals surface area (Å²) in [7, 11) is 0. The maximum absolute atomic E-state index is 13.1. The molecule has 182 valence electrons. The molecule has 2 aromatic carbocycles. The molecule has 0 saturated heterocycles. The largest absolute Gasteiger partial charge is 0.494 e. The van der Waals surface area contributed by atoms with Gasteiger partial charge in [-0.15, -0.1) is 0 Å². The maximum atomic E-state index is 13.1. The Morgan fingerprint density at radius 3 is 2.61 bits per heavy atom. The molecule has 5 rings (SSSR count). The van der Waals surface area contributed by atoms with Crippen LogP contribution in [-0.4, -0.2) is 31.0 Å². The Balaban J connectivity index is 1.66. The van der Waals surface area contributed by atoms with Crippen LogP contribution in [0.4, 0.5) is 0 Å². The normalized spacial score (nSPS) is 11.9. The average molecular weight is 500 g/mol. The van der Waals surface area contributed by atoms with Gasteiger partial charge in [0.05, 0.1) is 16.8 Å². The maximum Gasteiger partial charge on any atom is 0.295 e. The van der Waals surface area contributed by atoms with Crippen LogP contribution in [0.15, 0.2) is 64.3 Å². The van der Waals surface area contributed by atoms with E-state index in [4.69, 9.17) is 9.84 Å². The lowest BCUT2D eigenvalue weighted by Gasteiger charge is -2.09. The van der Waals surface area contributed by atoms with Crippen molar-refractivity contribution in [3.63, 3.8) is 0 Å². The van der Waals surface area contributed by atoms with E-state index in [-0.39, 0.29) is 16.2 Å². The van der Waals surface area contributed by atoms with Crippen LogP contribution in [0, 0.1) is 13.8 Å². The molecule has 0 aliphatic carbocycles. The van der Waals surface area contributed by atoms with Crippen LogP contribution in [0.5, 0.6) is 5.75 Å². The molecular weight excluding hydrogens is 474 g/mol. The monoisotopic (exact) mass is 499 g/mol. The summed E-state index contributed by atoms with van der Waals surface area (Å²) in [4.78, 5) is 29.3. The van der Waals surface area contributed by atoms with E-state index in [0.717, 1.165) is 58.0 Å². The number of para-hydroxylation sites is 1. The second-order valence-electron chi connectivity index (χ2n) is 8.50. The third-order valence-corrected chi connectivity index (χ3v) is 6.77. The Morgan fingerprint density at radius 1 is 1.06 bits per heavy atom. The van der Waals surface area contributed by atoms with Gasteiger partial charge in [-0.2, -0.15) is 19.7 Å². The Hall–Kier alpha value is -4.11. The SMILES string of the molecule is CCCCOc1ccc(-c2nn(-c3ccccc3)cc2/C=c2\sc3nc(=O)c(C)nn3c2=O)c(C)c1. The number of fused-ring (bicyclic) bond motifs is 1. The molecule has 0 spiro atoms. The molecule has 0 aliphatic rings. The third-order valence-electron chi connectivity index (χ3n) is 5.81. The van der Waals surface area contributed by atoms with Crippen LogP contribution in [0.1, 0.15) is 36.6 Å². The summed E-state index contributed by atoms with van der Waals surface area (Å²) in [5.41, 5.74) is 3.79. The molecule has 5 aromatic rings. The minimum atomic E-state index is -0.433. The van der Waals surface area contributed by atoms with E-state index in [1.807, 2.05) is 61.7 Å². The van der Waals surface area contributed by atoms with Gasteiger partial charge in [0, 0.05) is 17.3 Å². The summed E-state index contributed by atoms with van der Waals surface area (Å²) >= 11 is 1.13. The number of thiazole rings is 1. The van der Waals surface area contributed by atoms with Gasteiger partial charge >= 0.3 is 0 Å². The second-order valence-corrected chi connectivity index (χ2v) is 9.51. The number of hydrogen-bond acceptors (Lipinski definition) is 7. The van der Waals surface area contributed by atoms with E-state index in [9.17, 15) is 9.59 Å². The first-order chi connectivity index (χ1) is 17.4. The standard InChI is InChI=1S/C27H25N5O3S/c1-4-5-13-35-21-11-12-22(17(2)14-21)24-19(16-31(30-24)20-9-7-6-8-10-20)15-23-26(34)32-27(36-23)28-25(33)18(3)29-32/h6-12,14-16H,4-5,13H2,1-3H3/b23-15-. The van der Waals surface area contributed by atoms with Crippen LogP contribution in [0.25, 0.3) is 28.0 Å². The molecule has 0 aliphatic heterocycles. The molecule has 0 fully saturated rings. The molecule has 0 unspecified atom stereocenters. The fraction of sp³-hybridized carbons (Fsp3) is 0.222. The fourth-order valence-electron chi connectivity index (χ4n) is 3.87. The highest BCUT2D eigenvalue weighted by Gasteiger charge is 2.15. The highest BCUT2D eigenvalue weighted by molar-refractivity contribution is 7.15. The van der Waals surface area contributed by atoms with Crippen molar-refractivity contribution in [3.05, 3.63) is 96.8 Å². The van der Waals surface area contributed by atoms with Gasteiger partial charge in [0.2, 0.25) is 4.96 Å². The minimum Gasteiger partial charge on any atom is -0.494 e. The summed E-state index contributed by atoms with van der Waals surface area (Å²) < 4.78 is 9.28. The quantitative estimate of drug-likeness (QED) is 0.317. The van der Waals surface area contributed by atoms with E-state index >= 15 is 0 Å². The fourth-order valence-corrected chi connectivity index (χ4v) is 4.76. The zero-order chi connectivity index (χ0) is 25.2. The molecule has 36 heavy (non-hydrogen) atoms. The predicted molar refractivity (Wildman–Crippen MR) is 141 cm³/mol. The second kappa shape index (κ2) is 9.87. The summed E-state index contributed by atoms with van der Waals surface area (Å²) in [5.74, 6) is 0.821. The van der Waals surface area contributed by atoms with E-state index in [0.29, 0.717) is 11.1 Å². The molecule has 3 heterocycles. The number of hydrogen-bond donors (Lipinski definition) is 0. The minimum absolute atomic E-state index is 0.184. The highest BCUT2D eigenvalue weighted by atomic mass is 32.1. The van der Waals surface area contributed by atoms with E-state index in [1.54, 1.807) is 17.7 Å². The van der Waals surface area contributed by atoms with Crippen LogP contribution in [0.2, 0.25) is 0 Å².